The van der Waals surface area contributed by atoms with Gasteiger partial charge >= 0.3 is 11.7 Å². The van der Waals surface area contributed by atoms with Crippen molar-refractivity contribution in [3.63, 3.8) is 0 Å². The Kier molecular flexibility index (Phi) is 5.85. The molecule has 4 atom stereocenters. The highest BCUT2D eigenvalue weighted by atomic mass is 19.1. The molecule has 0 aromatic carbocycles. The predicted molar refractivity (Wildman–Crippen MR) is 81.7 cm³/mol. The van der Waals surface area contributed by atoms with E-state index in [1.807, 2.05) is 4.98 Å². The second kappa shape index (κ2) is 7.70. The SMILES string of the molecule is CC(=O)CCC(=O)OC[C@H]1OC(n2cc(C)c(=O)[nH]c2=O)[C@@H](F)[C@@H]1O. The number of aliphatic hydroxyl groups excluding tert-OH is 1. The number of aliphatic hydroxyl groups is 1. The highest BCUT2D eigenvalue weighted by Gasteiger charge is 2.46. The highest BCUT2D eigenvalue weighted by molar-refractivity contribution is 5.80. The summed E-state index contributed by atoms with van der Waals surface area (Å²) in [6.07, 6.45) is -5.19. The van der Waals surface area contributed by atoms with E-state index in [1.54, 1.807) is 0 Å². The summed E-state index contributed by atoms with van der Waals surface area (Å²) in [5.41, 5.74) is -1.32. The summed E-state index contributed by atoms with van der Waals surface area (Å²) in [5.74, 6) is -0.854. The van der Waals surface area contributed by atoms with Crippen LogP contribution in [0, 0.1) is 6.92 Å². The number of hydrogen-bond acceptors (Lipinski definition) is 7. The molecule has 1 unspecified atom stereocenters. The summed E-state index contributed by atoms with van der Waals surface area (Å²) in [6.45, 7) is 2.34. The van der Waals surface area contributed by atoms with Gasteiger partial charge in [-0.2, -0.15) is 0 Å². The normalized spacial score (nSPS) is 25.8. The first-order valence-corrected chi connectivity index (χ1v) is 7.65. The quantitative estimate of drug-likeness (QED) is 0.647. The minimum absolute atomic E-state index is 0.0212. The van der Waals surface area contributed by atoms with Crippen LogP contribution in [0.2, 0.25) is 0 Å². The van der Waals surface area contributed by atoms with Gasteiger partial charge in [0.1, 0.15) is 24.6 Å². The summed E-state index contributed by atoms with van der Waals surface area (Å²) in [5, 5.41) is 9.90. The van der Waals surface area contributed by atoms with Crippen LogP contribution >= 0.6 is 0 Å². The van der Waals surface area contributed by atoms with E-state index in [-0.39, 0.29) is 24.2 Å². The summed E-state index contributed by atoms with van der Waals surface area (Å²) in [4.78, 5) is 47.5. The van der Waals surface area contributed by atoms with Gasteiger partial charge in [0, 0.05) is 18.2 Å². The molecular weight excluding hydrogens is 339 g/mol. The second-order valence-corrected chi connectivity index (χ2v) is 5.86. The third-order valence-electron chi connectivity index (χ3n) is 3.80. The van der Waals surface area contributed by atoms with Crippen LogP contribution in [0.25, 0.3) is 0 Å². The standard InChI is InChI=1S/C15H19FN2O7/c1-7-5-18(15(23)17-13(7)22)14-11(16)12(21)9(25-14)6-24-10(20)4-3-8(2)19/h5,9,11-12,14,21H,3-4,6H2,1-2H3,(H,17,22,23)/t9-,11+,12-,14?/m1/s1. The molecule has 9 nitrogen and oxygen atoms in total. The number of Topliss-reactive ketones (excluding diaryl/α,β-unsaturated/α-hetero) is 1. The Morgan fingerprint density at radius 1 is 1.40 bits per heavy atom. The molecule has 1 aromatic rings. The molecule has 1 aliphatic rings. The lowest BCUT2D eigenvalue weighted by Crippen LogP contribution is -2.36. The maximum Gasteiger partial charge on any atom is 0.330 e. The van der Waals surface area contributed by atoms with E-state index in [0.717, 1.165) is 10.8 Å². The van der Waals surface area contributed by atoms with Crippen LogP contribution < -0.4 is 11.2 Å². The number of alkyl halides is 1. The molecule has 0 amide bonds. The lowest BCUT2D eigenvalue weighted by Gasteiger charge is -2.16. The maximum atomic E-state index is 14.3. The van der Waals surface area contributed by atoms with E-state index in [4.69, 9.17) is 9.47 Å². The van der Waals surface area contributed by atoms with E-state index in [1.165, 1.54) is 13.8 Å². The number of aromatic amines is 1. The smallest absolute Gasteiger partial charge is 0.330 e. The molecule has 1 saturated heterocycles. The van der Waals surface area contributed by atoms with Gasteiger partial charge in [-0.15, -0.1) is 0 Å². The molecule has 1 fully saturated rings. The monoisotopic (exact) mass is 358 g/mol. The van der Waals surface area contributed by atoms with Crippen LogP contribution in [0.5, 0.6) is 0 Å². The molecular formula is C15H19FN2O7. The molecule has 2 heterocycles. The van der Waals surface area contributed by atoms with Gasteiger partial charge in [-0.3, -0.25) is 19.1 Å². The summed E-state index contributed by atoms with van der Waals surface area (Å²) in [7, 11) is 0. The van der Waals surface area contributed by atoms with Crippen LogP contribution in [0.1, 0.15) is 31.6 Å². The number of aromatic nitrogens is 2. The average Bonchev–Trinajstić information content (AvgIpc) is 2.82. The number of ketones is 1. The fraction of sp³-hybridized carbons (Fsp3) is 0.600. The Labute approximate surface area is 141 Å². The van der Waals surface area contributed by atoms with Gasteiger partial charge in [0.15, 0.2) is 12.4 Å². The zero-order valence-corrected chi connectivity index (χ0v) is 13.7. The van der Waals surface area contributed by atoms with Crippen LogP contribution in [0.3, 0.4) is 0 Å². The first-order chi connectivity index (χ1) is 11.7. The molecule has 25 heavy (non-hydrogen) atoms. The molecule has 0 aliphatic carbocycles. The van der Waals surface area contributed by atoms with Crippen LogP contribution in [0.15, 0.2) is 15.8 Å². The van der Waals surface area contributed by atoms with Crippen LogP contribution in [-0.2, 0) is 19.1 Å². The zero-order chi connectivity index (χ0) is 18.7. The number of nitrogens with one attached hydrogen (secondary N) is 1. The van der Waals surface area contributed by atoms with Crippen molar-refractivity contribution < 1.29 is 28.6 Å². The summed E-state index contributed by atoms with van der Waals surface area (Å²) < 4.78 is 25.3. The van der Waals surface area contributed by atoms with Gasteiger partial charge in [-0.05, 0) is 13.8 Å². The van der Waals surface area contributed by atoms with E-state index in [9.17, 15) is 28.7 Å². The third kappa shape index (κ3) is 4.40. The zero-order valence-electron chi connectivity index (χ0n) is 13.7. The molecule has 1 aromatic heterocycles. The lowest BCUT2D eigenvalue weighted by molar-refractivity contribution is -0.151. The summed E-state index contributed by atoms with van der Waals surface area (Å²) >= 11 is 0. The minimum atomic E-state index is -1.95. The number of nitrogens with zero attached hydrogens (tertiary/aromatic N) is 1. The number of carbonyl (C=O) groups is 2. The Morgan fingerprint density at radius 2 is 2.08 bits per heavy atom. The molecule has 1 aliphatic heterocycles. The average molecular weight is 358 g/mol. The number of aryl methyl sites for hydroxylation is 1. The fourth-order valence-corrected chi connectivity index (χ4v) is 2.37. The first-order valence-electron chi connectivity index (χ1n) is 7.65. The Morgan fingerprint density at radius 3 is 2.72 bits per heavy atom. The minimum Gasteiger partial charge on any atom is -0.463 e. The van der Waals surface area contributed by atoms with Gasteiger partial charge in [0.05, 0.1) is 6.42 Å². The second-order valence-electron chi connectivity index (χ2n) is 5.86. The molecule has 138 valence electrons. The van der Waals surface area contributed by atoms with Crippen molar-refractivity contribution in [2.45, 2.75) is 51.3 Å². The number of rotatable bonds is 6. The van der Waals surface area contributed by atoms with Crippen molar-refractivity contribution in [1.29, 1.82) is 0 Å². The van der Waals surface area contributed by atoms with Crippen LogP contribution in [0.4, 0.5) is 4.39 Å². The van der Waals surface area contributed by atoms with E-state index >= 15 is 0 Å². The number of H-pyrrole nitrogens is 1. The Balaban J connectivity index is 2.05. The highest BCUT2D eigenvalue weighted by Crippen LogP contribution is 2.31. The van der Waals surface area contributed by atoms with Crippen molar-refractivity contribution in [2.24, 2.45) is 0 Å². The fourth-order valence-electron chi connectivity index (χ4n) is 2.37. The van der Waals surface area contributed by atoms with Gasteiger partial charge in [-0.25, -0.2) is 9.18 Å². The Bertz CT molecular complexity index is 772. The molecule has 0 bridgehead atoms. The van der Waals surface area contributed by atoms with Gasteiger partial charge in [0.2, 0.25) is 0 Å². The molecule has 0 spiro atoms. The molecule has 10 heteroatoms. The van der Waals surface area contributed by atoms with Crippen molar-refractivity contribution in [2.75, 3.05) is 6.61 Å². The number of esters is 1. The molecule has 2 N–H and O–H groups in total. The number of hydrogen-bond donors (Lipinski definition) is 2. The lowest BCUT2D eigenvalue weighted by atomic mass is 10.1. The predicted octanol–water partition coefficient (Wildman–Crippen LogP) is -0.646. The molecule has 0 radical (unpaired) electrons. The van der Waals surface area contributed by atoms with E-state index in [0.29, 0.717) is 0 Å². The van der Waals surface area contributed by atoms with Crippen molar-refractivity contribution in [3.8, 4) is 0 Å². The maximum absolute atomic E-state index is 14.3. The number of carbonyl (C=O) groups excluding carboxylic acids is 2. The van der Waals surface area contributed by atoms with Crippen molar-refractivity contribution >= 4 is 11.8 Å². The van der Waals surface area contributed by atoms with E-state index < -0.39 is 48.4 Å². The third-order valence-corrected chi connectivity index (χ3v) is 3.80. The number of halogens is 1. The van der Waals surface area contributed by atoms with Gasteiger partial charge < -0.3 is 19.4 Å². The largest absolute Gasteiger partial charge is 0.463 e. The summed E-state index contributed by atoms with van der Waals surface area (Å²) in [6, 6.07) is 0. The van der Waals surface area contributed by atoms with Crippen molar-refractivity contribution in [1.82, 2.24) is 9.55 Å². The van der Waals surface area contributed by atoms with Crippen LogP contribution in [-0.4, -0.2) is 51.4 Å². The number of ether oxygens (including phenoxy) is 2. The molecule has 2 rings (SSSR count). The van der Waals surface area contributed by atoms with Gasteiger partial charge in [0.25, 0.3) is 5.56 Å². The van der Waals surface area contributed by atoms with E-state index in [2.05, 4.69) is 0 Å². The first kappa shape index (κ1) is 19.0. The van der Waals surface area contributed by atoms with Gasteiger partial charge in [-0.1, -0.05) is 0 Å². The van der Waals surface area contributed by atoms with Crippen molar-refractivity contribution in [3.05, 3.63) is 32.6 Å². The molecule has 0 saturated carbocycles. The Hall–Kier alpha value is -2.33. The topological polar surface area (TPSA) is 128 Å².